The van der Waals surface area contributed by atoms with Crippen LogP contribution in [-0.4, -0.2) is 35.1 Å². The molecule has 5 nitrogen and oxygen atoms in total. The topological polar surface area (TPSA) is 48.3 Å². The number of aromatic nitrogens is 2. The maximum atomic E-state index is 6.02. The number of benzene rings is 1. The van der Waals surface area contributed by atoms with Crippen LogP contribution < -0.4 is 10.1 Å². The van der Waals surface area contributed by atoms with Crippen LogP contribution in [-0.2, 0) is 11.3 Å². The van der Waals surface area contributed by atoms with Crippen molar-refractivity contribution in [2.75, 3.05) is 18.5 Å². The second kappa shape index (κ2) is 6.06. The van der Waals surface area contributed by atoms with Crippen molar-refractivity contribution >= 4 is 5.69 Å². The maximum Gasteiger partial charge on any atom is 0.121 e. The van der Waals surface area contributed by atoms with Crippen LogP contribution in [0.1, 0.15) is 25.7 Å². The highest BCUT2D eigenvalue weighted by Crippen LogP contribution is 2.63. The summed E-state index contributed by atoms with van der Waals surface area (Å²) in [5, 5.41) is 8.01. The number of rotatable bonds is 6. The number of hydrogen-bond acceptors (Lipinski definition) is 4. The van der Waals surface area contributed by atoms with E-state index in [2.05, 4.69) is 28.6 Å². The molecule has 5 rings (SSSR count). The number of nitrogens with zero attached hydrogens (tertiary/aromatic N) is 2. The fourth-order valence-corrected chi connectivity index (χ4v) is 5.00. The fraction of sp³-hybridized carbons (Fsp3) is 0.550. The van der Waals surface area contributed by atoms with Crippen LogP contribution in [0.2, 0.25) is 0 Å². The Bertz CT molecular complexity index is 726. The van der Waals surface area contributed by atoms with Gasteiger partial charge in [0, 0.05) is 48.1 Å². The van der Waals surface area contributed by atoms with Gasteiger partial charge in [-0.1, -0.05) is 12.5 Å². The third-order valence-corrected chi connectivity index (χ3v) is 6.34. The highest BCUT2D eigenvalue weighted by atomic mass is 16.5. The largest absolute Gasteiger partial charge is 0.492 e. The van der Waals surface area contributed by atoms with E-state index in [4.69, 9.17) is 9.47 Å². The molecule has 2 aromatic rings. The van der Waals surface area contributed by atoms with Crippen molar-refractivity contribution in [1.29, 1.82) is 0 Å². The van der Waals surface area contributed by atoms with E-state index in [0.29, 0.717) is 30.1 Å². The van der Waals surface area contributed by atoms with Gasteiger partial charge in [-0.05, 0) is 37.5 Å². The summed E-state index contributed by atoms with van der Waals surface area (Å²) in [7, 11) is 0. The molecule has 5 heteroatoms. The highest BCUT2D eigenvalue weighted by Gasteiger charge is 2.66. The van der Waals surface area contributed by atoms with E-state index in [1.807, 2.05) is 23.0 Å². The van der Waals surface area contributed by atoms with E-state index in [-0.39, 0.29) is 0 Å². The zero-order chi connectivity index (χ0) is 16.7. The van der Waals surface area contributed by atoms with E-state index < -0.39 is 0 Å². The Morgan fingerprint density at radius 2 is 2.28 bits per heavy atom. The van der Waals surface area contributed by atoms with Crippen LogP contribution in [0.3, 0.4) is 0 Å². The minimum Gasteiger partial charge on any atom is -0.492 e. The molecule has 1 aromatic heterocycles. The molecule has 0 radical (unpaired) electrons. The number of ether oxygens (including phenoxy) is 2. The number of nitrogens with one attached hydrogen (secondary N) is 1. The third-order valence-electron chi connectivity index (χ3n) is 6.34. The minimum atomic E-state index is 0.401. The van der Waals surface area contributed by atoms with Gasteiger partial charge in [0.15, 0.2) is 0 Å². The molecule has 0 unspecified atom stereocenters. The summed E-state index contributed by atoms with van der Waals surface area (Å²) in [6.45, 7) is 2.32. The summed E-state index contributed by atoms with van der Waals surface area (Å²) >= 11 is 0. The summed E-state index contributed by atoms with van der Waals surface area (Å²) in [6.07, 6.45) is 9.42. The first-order chi connectivity index (χ1) is 12.4. The molecule has 1 aromatic carbocycles. The molecule has 3 aliphatic rings. The normalized spacial score (nSPS) is 28.9. The lowest BCUT2D eigenvalue weighted by Crippen LogP contribution is -2.68. The van der Waals surface area contributed by atoms with Gasteiger partial charge in [-0.3, -0.25) is 4.68 Å². The van der Waals surface area contributed by atoms with Gasteiger partial charge in [0.2, 0.25) is 0 Å². The van der Waals surface area contributed by atoms with Gasteiger partial charge >= 0.3 is 0 Å². The molecule has 2 saturated carbocycles. The van der Waals surface area contributed by atoms with E-state index in [9.17, 15) is 0 Å². The predicted octanol–water partition coefficient (Wildman–Crippen LogP) is 3.33. The van der Waals surface area contributed by atoms with Gasteiger partial charge in [-0.25, -0.2) is 0 Å². The molecule has 3 atom stereocenters. The smallest absolute Gasteiger partial charge is 0.121 e. The van der Waals surface area contributed by atoms with Crippen LogP contribution in [0.15, 0.2) is 42.7 Å². The first kappa shape index (κ1) is 15.3. The second-order valence-electron chi connectivity index (χ2n) is 7.60. The van der Waals surface area contributed by atoms with Crippen molar-refractivity contribution in [3.8, 4) is 5.75 Å². The molecule has 0 bridgehead atoms. The van der Waals surface area contributed by atoms with Crippen LogP contribution in [0.4, 0.5) is 5.69 Å². The standard InChI is InChI=1S/C20H25N3O2/c1-4-15(14-16(5-1)24-13-11-23-10-3-9-21-23)22-18-17-6-12-25-19(17)20(18)7-2-8-20/h1,3-5,9-10,14,17-19,22H,2,6-8,11-13H2/t17-,18-,19-/m1/s1. The van der Waals surface area contributed by atoms with Crippen molar-refractivity contribution in [2.24, 2.45) is 11.3 Å². The first-order valence-electron chi connectivity index (χ1n) is 9.44. The first-order valence-corrected chi connectivity index (χ1v) is 9.44. The SMILES string of the molecule is c1cc(N[C@@H]2[C@H]3CCO[C@H]3C23CCC3)cc(OCCn2cccn2)c1. The molecule has 0 amide bonds. The van der Waals surface area contributed by atoms with E-state index >= 15 is 0 Å². The zero-order valence-electron chi connectivity index (χ0n) is 14.4. The number of fused-ring (bicyclic) bond motifs is 2. The summed E-state index contributed by atoms with van der Waals surface area (Å²) in [4.78, 5) is 0. The van der Waals surface area contributed by atoms with Gasteiger partial charge in [-0.15, -0.1) is 0 Å². The molecule has 1 N–H and O–H groups in total. The summed E-state index contributed by atoms with van der Waals surface area (Å²) < 4.78 is 13.8. The number of anilines is 1. The van der Waals surface area contributed by atoms with Gasteiger partial charge in [0.25, 0.3) is 0 Å². The highest BCUT2D eigenvalue weighted by molar-refractivity contribution is 5.50. The minimum absolute atomic E-state index is 0.401. The molecule has 1 spiro atoms. The molecule has 2 heterocycles. The lowest BCUT2D eigenvalue weighted by atomic mass is 9.46. The molecule has 132 valence electrons. The molecular weight excluding hydrogens is 314 g/mol. The zero-order valence-corrected chi connectivity index (χ0v) is 14.4. The summed E-state index contributed by atoms with van der Waals surface area (Å²) in [6, 6.07) is 10.9. The quantitative estimate of drug-likeness (QED) is 0.877. The Labute approximate surface area is 148 Å². The molecule has 25 heavy (non-hydrogen) atoms. The monoisotopic (exact) mass is 339 g/mol. The van der Waals surface area contributed by atoms with Crippen molar-refractivity contribution in [3.05, 3.63) is 42.7 Å². The van der Waals surface area contributed by atoms with Crippen molar-refractivity contribution in [3.63, 3.8) is 0 Å². The molecule has 2 aliphatic carbocycles. The van der Waals surface area contributed by atoms with E-state index in [1.54, 1.807) is 6.20 Å². The van der Waals surface area contributed by atoms with Crippen molar-refractivity contribution in [2.45, 2.75) is 44.4 Å². The molecule has 1 aliphatic heterocycles. The lowest BCUT2D eigenvalue weighted by Gasteiger charge is -2.63. The predicted molar refractivity (Wildman–Crippen MR) is 95.7 cm³/mol. The number of hydrogen-bond donors (Lipinski definition) is 1. The molecule has 1 saturated heterocycles. The molecular formula is C20H25N3O2. The van der Waals surface area contributed by atoms with E-state index in [0.717, 1.165) is 18.9 Å². The summed E-state index contributed by atoms with van der Waals surface area (Å²) in [5.41, 5.74) is 1.57. The Morgan fingerprint density at radius 3 is 3.08 bits per heavy atom. The molecule has 3 fully saturated rings. The average molecular weight is 339 g/mol. The van der Waals surface area contributed by atoms with Crippen molar-refractivity contribution < 1.29 is 9.47 Å². The Morgan fingerprint density at radius 1 is 1.32 bits per heavy atom. The van der Waals surface area contributed by atoms with Crippen molar-refractivity contribution in [1.82, 2.24) is 9.78 Å². The van der Waals surface area contributed by atoms with Gasteiger partial charge < -0.3 is 14.8 Å². The average Bonchev–Trinajstić information content (AvgIpc) is 3.22. The Kier molecular flexibility index (Phi) is 3.70. The van der Waals surface area contributed by atoms with Crippen LogP contribution in [0, 0.1) is 11.3 Å². The van der Waals surface area contributed by atoms with Gasteiger partial charge in [0.1, 0.15) is 12.4 Å². The van der Waals surface area contributed by atoms with E-state index in [1.165, 1.54) is 31.4 Å². The Hall–Kier alpha value is -2.01. The van der Waals surface area contributed by atoms with Crippen LogP contribution >= 0.6 is 0 Å². The Balaban J connectivity index is 1.22. The third kappa shape index (κ3) is 2.53. The summed E-state index contributed by atoms with van der Waals surface area (Å²) in [5.74, 6) is 1.60. The second-order valence-corrected chi connectivity index (χ2v) is 7.60. The maximum absolute atomic E-state index is 6.02. The fourth-order valence-electron chi connectivity index (χ4n) is 5.00. The van der Waals surface area contributed by atoms with Crippen LogP contribution in [0.5, 0.6) is 5.75 Å². The lowest BCUT2D eigenvalue weighted by molar-refractivity contribution is -0.158. The van der Waals surface area contributed by atoms with Crippen LogP contribution in [0.25, 0.3) is 0 Å². The van der Waals surface area contributed by atoms with Gasteiger partial charge in [-0.2, -0.15) is 5.10 Å². The van der Waals surface area contributed by atoms with Gasteiger partial charge in [0.05, 0.1) is 12.6 Å².